The summed E-state index contributed by atoms with van der Waals surface area (Å²) in [6.45, 7) is 11.7. The number of benzene rings is 2. The number of rotatable bonds is 2. The second-order valence-corrected chi connectivity index (χ2v) is 4.19. The molecule has 0 aliphatic carbocycles. The van der Waals surface area contributed by atoms with Crippen molar-refractivity contribution in [2.75, 3.05) is 7.11 Å². The summed E-state index contributed by atoms with van der Waals surface area (Å²) in [5.41, 5.74) is 2.13. The molecule has 0 fully saturated rings. The molecule has 0 saturated heterocycles. The molecule has 2 aromatic rings. The average molecular weight is 366 g/mol. The van der Waals surface area contributed by atoms with Crippen LogP contribution < -0.4 is 0 Å². The molecule has 0 spiro atoms. The number of non-ortho nitro benzene ring substituents is 2. The van der Waals surface area contributed by atoms with Gasteiger partial charge in [0.25, 0.3) is 11.4 Å². The molecule has 0 aliphatic heterocycles. The Morgan fingerprint density at radius 3 is 1.12 bits per heavy atom. The van der Waals surface area contributed by atoms with Crippen LogP contribution in [-0.4, -0.2) is 22.1 Å². The van der Waals surface area contributed by atoms with E-state index in [1.165, 1.54) is 12.1 Å². The van der Waals surface area contributed by atoms with Crippen molar-refractivity contribution < 1.29 is 15.0 Å². The first kappa shape index (κ1) is 28.0. The van der Waals surface area contributed by atoms with E-state index in [9.17, 15) is 20.2 Å². The Balaban J connectivity index is -0.000000316. The first-order valence-electron chi connectivity index (χ1n) is 8.27. The van der Waals surface area contributed by atoms with Gasteiger partial charge in [-0.25, -0.2) is 0 Å². The fourth-order valence-electron chi connectivity index (χ4n) is 1.48. The third-order valence-corrected chi connectivity index (χ3v) is 2.42. The van der Waals surface area contributed by atoms with E-state index in [1.807, 2.05) is 53.7 Å². The molecule has 2 rings (SSSR count). The van der Waals surface area contributed by atoms with Gasteiger partial charge >= 0.3 is 0 Å². The summed E-state index contributed by atoms with van der Waals surface area (Å²) < 4.78 is 0. The molecule has 0 bridgehead atoms. The number of aryl methyl sites for hydroxylation is 2. The predicted molar refractivity (Wildman–Crippen MR) is 107 cm³/mol. The highest BCUT2D eigenvalue weighted by Crippen LogP contribution is 2.12. The van der Waals surface area contributed by atoms with Gasteiger partial charge in [0.15, 0.2) is 0 Å². The van der Waals surface area contributed by atoms with Crippen LogP contribution >= 0.6 is 0 Å². The van der Waals surface area contributed by atoms with Gasteiger partial charge in [-0.3, -0.25) is 20.2 Å². The quantitative estimate of drug-likeness (QED) is 0.560. The highest BCUT2D eigenvalue weighted by Gasteiger charge is 2.02. The third-order valence-electron chi connectivity index (χ3n) is 2.42. The summed E-state index contributed by atoms with van der Waals surface area (Å²) in [7, 11) is 1.00. The maximum atomic E-state index is 10.2. The van der Waals surface area contributed by atoms with Crippen molar-refractivity contribution in [2.24, 2.45) is 0 Å². The number of hydrogen-bond acceptors (Lipinski definition) is 5. The van der Waals surface area contributed by atoms with E-state index < -0.39 is 9.85 Å². The van der Waals surface area contributed by atoms with Crippen LogP contribution in [0.15, 0.2) is 48.5 Å². The second kappa shape index (κ2) is 18.5. The summed E-state index contributed by atoms with van der Waals surface area (Å²) in [6, 6.07) is 13.0. The van der Waals surface area contributed by atoms with Crippen LogP contribution in [0, 0.1) is 34.1 Å². The molecular formula is C19H30N2O5. The SMILES string of the molecule is CC.CC.CO.Cc1cccc([N+](=O)[O-])c1.Cc1cccc([N+](=O)[O-])c1. The maximum absolute atomic E-state index is 10.2. The van der Waals surface area contributed by atoms with E-state index in [2.05, 4.69) is 0 Å². The van der Waals surface area contributed by atoms with Crippen LogP contribution in [0.4, 0.5) is 11.4 Å². The van der Waals surface area contributed by atoms with Crippen molar-refractivity contribution in [2.45, 2.75) is 41.5 Å². The van der Waals surface area contributed by atoms with Crippen LogP contribution in [0.2, 0.25) is 0 Å². The monoisotopic (exact) mass is 366 g/mol. The molecule has 0 atom stereocenters. The molecule has 146 valence electrons. The van der Waals surface area contributed by atoms with Gasteiger partial charge in [-0.15, -0.1) is 0 Å². The maximum Gasteiger partial charge on any atom is 0.269 e. The normalized spacial score (nSPS) is 7.85. The summed E-state index contributed by atoms with van der Waals surface area (Å²) in [6.07, 6.45) is 0. The summed E-state index contributed by atoms with van der Waals surface area (Å²) in [4.78, 5) is 19.5. The van der Waals surface area contributed by atoms with Gasteiger partial charge in [-0.1, -0.05) is 52.0 Å². The van der Waals surface area contributed by atoms with Crippen molar-refractivity contribution >= 4 is 11.4 Å². The molecule has 2 aromatic carbocycles. The number of nitro groups is 2. The Morgan fingerprint density at radius 2 is 0.962 bits per heavy atom. The molecule has 0 radical (unpaired) electrons. The average Bonchev–Trinajstić information content (AvgIpc) is 2.67. The minimum Gasteiger partial charge on any atom is -0.400 e. The van der Waals surface area contributed by atoms with Gasteiger partial charge in [-0.2, -0.15) is 0 Å². The van der Waals surface area contributed by atoms with Gasteiger partial charge in [0.05, 0.1) is 9.85 Å². The van der Waals surface area contributed by atoms with Gasteiger partial charge < -0.3 is 5.11 Å². The number of aliphatic hydroxyl groups excluding tert-OH is 1. The fraction of sp³-hybridized carbons (Fsp3) is 0.368. The Labute approximate surface area is 155 Å². The lowest BCUT2D eigenvalue weighted by Crippen LogP contribution is -1.86. The lowest BCUT2D eigenvalue weighted by atomic mass is 10.2. The van der Waals surface area contributed by atoms with Crippen molar-refractivity contribution in [3.63, 3.8) is 0 Å². The highest BCUT2D eigenvalue weighted by atomic mass is 16.6. The summed E-state index contributed by atoms with van der Waals surface area (Å²) in [5.74, 6) is 0. The van der Waals surface area contributed by atoms with E-state index in [0.717, 1.165) is 18.2 Å². The molecule has 1 N–H and O–H groups in total. The number of nitrogens with zero attached hydrogens (tertiary/aromatic N) is 2. The highest BCUT2D eigenvalue weighted by molar-refractivity contribution is 5.33. The molecule has 0 heterocycles. The predicted octanol–water partition coefficient (Wildman–Crippen LogP) is 5.47. The zero-order valence-electron chi connectivity index (χ0n) is 16.6. The third kappa shape index (κ3) is 13.6. The zero-order chi connectivity index (χ0) is 21.1. The van der Waals surface area contributed by atoms with Crippen molar-refractivity contribution in [1.82, 2.24) is 0 Å². The van der Waals surface area contributed by atoms with E-state index >= 15 is 0 Å². The largest absolute Gasteiger partial charge is 0.400 e. The van der Waals surface area contributed by atoms with Crippen LogP contribution in [-0.2, 0) is 0 Å². The van der Waals surface area contributed by atoms with Crippen LogP contribution in [0.25, 0.3) is 0 Å². The second-order valence-electron chi connectivity index (χ2n) is 4.19. The lowest BCUT2D eigenvalue weighted by molar-refractivity contribution is -0.385. The van der Waals surface area contributed by atoms with Crippen molar-refractivity contribution in [3.05, 3.63) is 79.9 Å². The van der Waals surface area contributed by atoms with Crippen LogP contribution in [0.5, 0.6) is 0 Å². The number of nitro benzene ring substituents is 2. The minimum atomic E-state index is -0.396. The number of aliphatic hydroxyl groups is 1. The Hall–Kier alpha value is -2.80. The molecule has 26 heavy (non-hydrogen) atoms. The standard InChI is InChI=1S/2C7H7NO2.2C2H6.CH4O/c2*1-6-3-2-4-7(5-6)8(9)10;3*1-2/h2*2-5H,1H3;2*1-2H3;2H,1H3. The Kier molecular flexibility index (Phi) is 20.0. The minimum absolute atomic E-state index is 0.153. The van der Waals surface area contributed by atoms with E-state index in [0.29, 0.717) is 0 Å². The van der Waals surface area contributed by atoms with Crippen LogP contribution in [0.1, 0.15) is 38.8 Å². The van der Waals surface area contributed by atoms with E-state index in [-0.39, 0.29) is 11.4 Å². The smallest absolute Gasteiger partial charge is 0.269 e. The lowest BCUT2D eigenvalue weighted by Gasteiger charge is -1.90. The van der Waals surface area contributed by atoms with Crippen molar-refractivity contribution in [3.8, 4) is 0 Å². The molecule has 7 nitrogen and oxygen atoms in total. The molecule has 0 saturated carbocycles. The summed E-state index contributed by atoms with van der Waals surface area (Å²) >= 11 is 0. The van der Waals surface area contributed by atoms with Gasteiger partial charge in [0, 0.05) is 31.4 Å². The van der Waals surface area contributed by atoms with Gasteiger partial charge in [-0.05, 0) is 25.0 Å². The zero-order valence-corrected chi connectivity index (χ0v) is 16.6. The molecule has 0 unspecified atom stereocenters. The fourth-order valence-corrected chi connectivity index (χ4v) is 1.48. The van der Waals surface area contributed by atoms with Crippen LogP contribution in [0.3, 0.4) is 0 Å². The molecule has 0 aliphatic rings. The molecule has 0 amide bonds. The topological polar surface area (TPSA) is 107 Å². The van der Waals surface area contributed by atoms with Gasteiger partial charge in [0.1, 0.15) is 0 Å². The molecule has 0 aromatic heterocycles. The number of hydrogen-bond donors (Lipinski definition) is 1. The molecule has 7 heteroatoms. The first-order chi connectivity index (χ1) is 12.4. The first-order valence-corrected chi connectivity index (χ1v) is 8.27. The Morgan fingerprint density at radius 1 is 0.692 bits per heavy atom. The van der Waals surface area contributed by atoms with E-state index in [4.69, 9.17) is 5.11 Å². The Bertz CT molecular complexity index is 575. The molecular weight excluding hydrogens is 336 g/mol. The summed E-state index contributed by atoms with van der Waals surface area (Å²) in [5, 5.41) is 27.3. The van der Waals surface area contributed by atoms with Crippen molar-refractivity contribution in [1.29, 1.82) is 0 Å². The van der Waals surface area contributed by atoms with E-state index in [1.54, 1.807) is 24.3 Å². The van der Waals surface area contributed by atoms with Gasteiger partial charge in [0.2, 0.25) is 0 Å².